The molecule has 6 rings (SSSR count). The summed E-state index contributed by atoms with van der Waals surface area (Å²) in [5.74, 6) is 2.46. The second kappa shape index (κ2) is 10.9. The number of para-hydroxylation sites is 1. The number of hydrogen-bond donors (Lipinski definition) is 2. The van der Waals surface area contributed by atoms with Crippen LogP contribution in [0.25, 0.3) is 22.3 Å². The summed E-state index contributed by atoms with van der Waals surface area (Å²) < 4.78 is 8.00. The van der Waals surface area contributed by atoms with Crippen molar-refractivity contribution in [1.29, 1.82) is 0 Å². The molecule has 2 aliphatic heterocycles. The van der Waals surface area contributed by atoms with Gasteiger partial charge in [-0.3, -0.25) is 0 Å². The standard InChI is InChI=1S/C29H33N7O3/c30-27-25-26(21-8-10-24(11-9-21)39-23-6-2-1-3-7-23)33-36(28(25)32-19-31-27)22-5-4-14-34(18-22)17-20-12-15-35(16-13-20)29(37)38/h1-3,6-11,19-20,22H,4-5,12-18H2,(H,37,38)(H2,30,31,32)/t22-/m1/s1. The van der Waals surface area contributed by atoms with Gasteiger partial charge in [-0.2, -0.15) is 5.10 Å². The summed E-state index contributed by atoms with van der Waals surface area (Å²) in [5.41, 5.74) is 8.82. The molecule has 202 valence electrons. The molecule has 4 heterocycles. The van der Waals surface area contributed by atoms with Crippen LogP contribution in [-0.4, -0.2) is 73.5 Å². The lowest BCUT2D eigenvalue weighted by atomic mass is 9.95. The molecule has 2 saturated heterocycles. The maximum absolute atomic E-state index is 11.3. The molecule has 0 radical (unpaired) electrons. The number of nitrogen functional groups attached to an aromatic ring is 1. The number of piperidine rings is 2. The quantitative estimate of drug-likeness (QED) is 0.363. The average Bonchev–Trinajstić information content (AvgIpc) is 3.36. The zero-order chi connectivity index (χ0) is 26.8. The molecule has 2 aromatic heterocycles. The average molecular weight is 528 g/mol. The van der Waals surface area contributed by atoms with Crippen LogP contribution in [0, 0.1) is 5.92 Å². The van der Waals surface area contributed by atoms with Crippen LogP contribution in [0.2, 0.25) is 0 Å². The van der Waals surface area contributed by atoms with Crippen LogP contribution in [0.1, 0.15) is 31.7 Å². The van der Waals surface area contributed by atoms with Gasteiger partial charge in [0.05, 0.1) is 11.4 Å². The Hall–Kier alpha value is -4.18. The molecular weight excluding hydrogens is 494 g/mol. The van der Waals surface area contributed by atoms with Crippen molar-refractivity contribution in [1.82, 2.24) is 29.5 Å². The van der Waals surface area contributed by atoms with Gasteiger partial charge < -0.3 is 25.4 Å². The number of carboxylic acid groups (broad SMARTS) is 1. The van der Waals surface area contributed by atoms with E-state index in [1.807, 2.05) is 59.3 Å². The van der Waals surface area contributed by atoms with Crippen molar-refractivity contribution in [2.75, 3.05) is 38.5 Å². The van der Waals surface area contributed by atoms with E-state index in [4.69, 9.17) is 15.6 Å². The molecule has 3 N–H and O–H groups in total. The van der Waals surface area contributed by atoms with Crippen molar-refractivity contribution in [3.63, 3.8) is 0 Å². The van der Waals surface area contributed by atoms with Gasteiger partial charge in [-0.25, -0.2) is 19.4 Å². The van der Waals surface area contributed by atoms with Gasteiger partial charge in [0.25, 0.3) is 0 Å². The fraction of sp³-hybridized carbons (Fsp3) is 0.379. The molecule has 0 aliphatic carbocycles. The molecule has 10 heteroatoms. The van der Waals surface area contributed by atoms with E-state index >= 15 is 0 Å². The smallest absolute Gasteiger partial charge is 0.407 e. The van der Waals surface area contributed by atoms with Crippen LogP contribution in [-0.2, 0) is 0 Å². The highest BCUT2D eigenvalue weighted by Crippen LogP contribution is 2.35. The van der Waals surface area contributed by atoms with Crippen LogP contribution < -0.4 is 10.5 Å². The van der Waals surface area contributed by atoms with Crippen LogP contribution in [0.4, 0.5) is 10.6 Å². The van der Waals surface area contributed by atoms with E-state index in [-0.39, 0.29) is 6.04 Å². The predicted octanol–water partition coefficient (Wildman–Crippen LogP) is 4.89. The molecule has 10 nitrogen and oxygen atoms in total. The monoisotopic (exact) mass is 527 g/mol. The Bertz CT molecular complexity index is 1430. The number of rotatable bonds is 6. The van der Waals surface area contributed by atoms with Gasteiger partial charge in [-0.15, -0.1) is 0 Å². The molecule has 2 fully saturated rings. The van der Waals surface area contributed by atoms with E-state index < -0.39 is 6.09 Å². The van der Waals surface area contributed by atoms with E-state index in [9.17, 15) is 9.90 Å². The maximum atomic E-state index is 11.3. The fourth-order valence-corrected chi connectivity index (χ4v) is 5.83. The van der Waals surface area contributed by atoms with Gasteiger partial charge in [0.1, 0.15) is 29.3 Å². The second-order valence-corrected chi connectivity index (χ2v) is 10.5. The van der Waals surface area contributed by atoms with Gasteiger partial charge in [0.15, 0.2) is 5.65 Å². The lowest BCUT2D eigenvalue weighted by molar-refractivity contribution is 0.100. The van der Waals surface area contributed by atoms with Gasteiger partial charge in [0.2, 0.25) is 0 Å². The summed E-state index contributed by atoms with van der Waals surface area (Å²) in [6.45, 7) is 4.15. The van der Waals surface area contributed by atoms with Crippen LogP contribution >= 0.6 is 0 Å². The van der Waals surface area contributed by atoms with Crippen molar-refractivity contribution in [3.05, 3.63) is 60.9 Å². The molecule has 0 spiro atoms. The van der Waals surface area contributed by atoms with Gasteiger partial charge in [-0.1, -0.05) is 18.2 Å². The molecule has 2 aromatic carbocycles. The highest BCUT2D eigenvalue weighted by Gasteiger charge is 2.29. The number of hydrogen-bond acceptors (Lipinski definition) is 7. The Balaban J connectivity index is 1.22. The molecule has 4 aromatic rings. The third kappa shape index (κ3) is 5.37. The first-order valence-electron chi connectivity index (χ1n) is 13.6. The fourth-order valence-electron chi connectivity index (χ4n) is 5.83. The molecule has 39 heavy (non-hydrogen) atoms. The highest BCUT2D eigenvalue weighted by atomic mass is 16.5. The van der Waals surface area contributed by atoms with E-state index in [1.54, 1.807) is 0 Å². The van der Waals surface area contributed by atoms with E-state index in [1.165, 1.54) is 11.2 Å². The SMILES string of the molecule is Nc1ncnc2c1c(-c1ccc(Oc3ccccc3)cc1)nn2[C@@H]1CCCN(CC2CCN(C(=O)O)CC2)C1. The number of nitrogens with two attached hydrogens (primary N) is 1. The Morgan fingerprint density at radius 2 is 1.72 bits per heavy atom. The number of likely N-dealkylation sites (tertiary alicyclic amines) is 2. The van der Waals surface area contributed by atoms with Crippen molar-refractivity contribution in [2.24, 2.45) is 5.92 Å². The molecule has 0 unspecified atom stereocenters. The predicted molar refractivity (Wildman–Crippen MR) is 149 cm³/mol. The Kier molecular flexibility index (Phi) is 7.02. The van der Waals surface area contributed by atoms with E-state index in [0.29, 0.717) is 24.8 Å². The van der Waals surface area contributed by atoms with Crippen molar-refractivity contribution < 1.29 is 14.6 Å². The summed E-state index contributed by atoms with van der Waals surface area (Å²) in [6, 6.07) is 17.7. The lowest BCUT2D eigenvalue weighted by Gasteiger charge is -2.37. The number of amides is 1. The summed E-state index contributed by atoms with van der Waals surface area (Å²) >= 11 is 0. The topological polar surface area (TPSA) is 123 Å². The number of aromatic nitrogens is 4. The number of ether oxygens (including phenoxy) is 1. The van der Waals surface area contributed by atoms with Crippen molar-refractivity contribution >= 4 is 22.9 Å². The molecule has 0 saturated carbocycles. The number of anilines is 1. The summed E-state index contributed by atoms with van der Waals surface area (Å²) in [7, 11) is 0. The van der Waals surface area contributed by atoms with Crippen molar-refractivity contribution in [3.8, 4) is 22.8 Å². The van der Waals surface area contributed by atoms with E-state index in [2.05, 4.69) is 14.9 Å². The van der Waals surface area contributed by atoms with Crippen molar-refractivity contribution in [2.45, 2.75) is 31.7 Å². The minimum atomic E-state index is -0.813. The van der Waals surface area contributed by atoms with Crippen LogP contribution in [0.5, 0.6) is 11.5 Å². The van der Waals surface area contributed by atoms with E-state index in [0.717, 1.165) is 79.1 Å². The molecule has 0 bridgehead atoms. The van der Waals surface area contributed by atoms with Gasteiger partial charge in [-0.05, 0) is 74.5 Å². The molecule has 1 amide bonds. The van der Waals surface area contributed by atoms with Gasteiger partial charge >= 0.3 is 6.09 Å². The summed E-state index contributed by atoms with van der Waals surface area (Å²) in [4.78, 5) is 24.2. The summed E-state index contributed by atoms with van der Waals surface area (Å²) in [5, 5.41) is 15.1. The zero-order valence-corrected chi connectivity index (χ0v) is 21.8. The first kappa shape index (κ1) is 25.1. The highest BCUT2D eigenvalue weighted by molar-refractivity contribution is 5.98. The Labute approximate surface area is 227 Å². The normalized spacial score (nSPS) is 18.9. The zero-order valence-electron chi connectivity index (χ0n) is 21.8. The number of carbonyl (C=O) groups is 1. The number of nitrogens with zero attached hydrogens (tertiary/aromatic N) is 6. The maximum Gasteiger partial charge on any atom is 0.407 e. The van der Waals surface area contributed by atoms with Crippen LogP contribution in [0.3, 0.4) is 0 Å². The minimum Gasteiger partial charge on any atom is -0.465 e. The first-order chi connectivity index (χ1) is 19.0. The summed E-state index contributed by atoms with van der Waals surface area (Å²) in [6.07, 6.45) is 4.60. The number of benzene rings is 2. The minimum absolute atomic E-state index is 0.170. The second-order valence-electron chi connectivity index (χ2n) is 10.5. The first-order valence-corrected chi connectivity index (χ1v) is 13.6. The molecular formula is C29H33N7O3. The Morgan fingerprint density at radius 1 is 0.974 bits per heavy atom. The largest absolute Gasteiger partial charge is 0.465 e. The third-order valence-corrected chi connectivity index (χ3v) is 7.85. The third-order valence-electron chi connectivity index (χ3n) is 7.85. The van der Waals surface area contributed by atoms with Crippen LogP contribution in [0.15, 0.2) is 60.9 Å². The van der Waals surface area contributed by atoms with Gasteiger partial charge in [0, 0.05) is 31.7 Å². The number of fused-ring (bicyclic) bond motifs is 1. The molecule has 2 aliphatic rings. The Morgan fingerprint density at radius 3 is 2.46 bits per heavy atom. The lowest BCUT2D eigenvalue weighted by Crippen LogP contribution is -2.44. The molecule has 1 atom stereocenters.